The van der Waals surface area contributed by atoms with Crippen LogP contribution in [0.1, 0.15) is 18.9 Å². The van der Waals surface area contributed by atoms with Crippen LogP contribution < -0.4 is 0 Å². The first-order valence-corrected chi connectivity index (χ1v) is 6.41. The fraction of sp³-hybridized carbons (Fsp3) is 0.250. The average Bonchev–Trinajstić information content (AvgIpc) is 2.41. The van der Waals surface area contributed by atoms with Crippen molar-refractivity contribution >= 4 is 6.08 Å². The molecule has 0 aromatic heterocycles. The topological polar surface area (TPSA) is 43.7 Å². The maximum atomic E-state index is 9.44. The summed E-state index contributed by atoms with van der Waals surface area (Å²) in [5.41, 5.74) is 2.18. The molecule has 1 unspecified atom stereocenters. The molecule has 2 rings (SSSR count). The van der Waals surface area contributed by atoms with Gasteiger partial charge in [-0.15, -0.1) is 0 Å². The summed E-state index contributed by atoms with van der Waals surface area (Å²) in [4.78, 5) is 2.15. The van der Waals surface area contributed by atoms with Gasteiger partial charge in [0.05, 0.1) is 6.04 Å². The van der Waals surface area contributed by atoms with Gasteiger partial charge in [0.25, 0.3) is 0 Å². The lowest BCUT2D eigenvalue weighted by Gasteiger charge is -2.25. The van der Waals surface area contributed by atoms with E-state index in [0.717, 1.165) is 12.0 Å². The SMILES string of the molecule is CCC1=CN(C)C(/C=C/c2ccc(O)c(O)c2)C=C1. The first-order chi connectivity index (χ1) is 9.10. The Balaban J connectivity index is 2.09. The molecule has 3 heteroatoms. The summed E-state index contributed by atoms with van der Waals surface area (Å²) in [5, 5.41) is 18.7. The van der Waals surface area contributed by atoms with Gasteiger partial charge in [-0.3, -0.25) is 0 Å². The first kappa shape index (κ1) is 13.3. The predicted octanol–water partition coefficient (Wildman–Crippen LogP) is 3.28. The zero-order chi connectivity index (χ0) is 13.8. The summed E-state index contributed by atoms with van der Waals surface area (Å²) < 4.78 is 0. The number of phenols is 2. The Bertz CT molecular complexity index is 544. The van der Waals surface area contributed by atoms with Crippen molar-refractivity contribution in [3.8, 4) is 11.5 Å². The fourth-order valence-corrected chi connectivity index (χ4v) is 2.01. The summed E-state index contributed by atoms with van der Waals surface area (Å²) in [6, 6.07) is 5.02. The fourth-order valence-electron chi connectivity index (χ4n) is 2.01. The van der Waals surface area contributed by atoms with Gasteiger partial charge in [-0.25, -0.2) is 0 Å². The molecule has 0 fully saturated rings. The molecule has 0 amide bonds. The third-order valence-electron chi connectivity index (χ3n) is 3.24. The molecule has 1 aromatic carbocycles. The molecule has 0 bridgehead atoms. The summed E-state index contributed by atoms with van der Waals surface area (Å²) in [6.07, 6.45) is 11.5. The lowest BCUT2D eigenvalue weighted by Crippen LogP contribution is -2.25. The van der Waals surface area contributed by atoms with Crippen molar-refractivity contribution in [3.63, 3.8) is 0 Å². The number of rotatable bonds is 3. The molecule has 19 heavy (non-hydrogen) atoms. The molecule has 0 saturated carbocycles. The van der Waals surface area contributed by atoms with Crippen molar-refractivity contribution in [2.75, 3.05) is 7.05 Å². The molecule has 0 saturated heterocycles. The molecule has 1 heterocycles. The zero-order valence-electron chi connectivity index (χ0n) is 11.2. The van der Waals surface area contributed by atoms with Crippen LogP contribution >= 0.6 is 0 Å². The summed E-state index contributed by atoms with van der Waals surface area (Å²) in [5.74, 6) is -0.190. The van der Waals surface area contributed by atoms with E-state index >= 15 is 0 Å². The molecular formula is C16H19NO2. The highest BCUT2D eigenvalue weighted by Gasteiger charge is 2.09. The molecule has 2 N–H and O–H groups in total. The third-order valence-corrected chi connectivity index (χ3v) is 3.24. The van der Waals surface area contributed by atoms with Crippen LogP contribution in [0.4, 0.5) is 0 Å². The van der Waals surface area contributed by atoms with Crippen molar-refractivity contribution < 1.29 is 10.2 Å². The number of allylic oxidation sites excluding steroid dienone is 2. The van der Waals surface area contributed by atoms with E-state index in [9.17, 15) is 10.2 Å². The van der Waals surface area contributed by atoms with Crippen molar-refractivity contribution in [1.29, 1.82) is 0 Å². The van der Waals surface area contributed by atoms with Crippen LogP contribution in [0, 0.1) is 0 Å². The monoisotopic (exact) mass is 257 g/mol. The van der Waals surface area contributed by atoms with Gasteiger partial charge in [0.15, 0.2) is 11.5 Å². The minimum absolute atomic E-state index is 0.0946. The molecule has 1 atom stereocenters. The highest BCUT2D eigenvalue weighted by atomic mass is 16.3. The quantitative estimate of drug-likeness (QED) is 0.817. The van der Waals surface area contributed by atoms with Crippen LogP contribution in [0.2, 0.25) is 0 Å². The molecule has 0 radical (unpaired) electrons. The lowest BCUT2D eigenvalue weighted by atomic mass is 10.1. The van der Waals surface area contributed by atoms with Crippen LogP contribution in [0.25, 0.3) is 6.08 Å². The van der Waals surface area contributed by atoms with Crippen molar-refractivity contribution in [3.05, 3.63) is 53.8 Å². The average molecular weight is 257 g/mol. The van der Waals surface area contributed by atoms with Crippen LogP contribution in [0.15, 0.2) is 48.2 Å². The maximum Gasteiger partial charge on any atom is 0.157 e. The van der Waals surface area contributed by atoms with Gasteiger partial charge in [0.2, 0.25) is 0 Å². The van der Waals surface area contributed by atoms with Gasteiger partial charge in [-0.1, -0.05) is 37.3 Å². The smallest absolute Gasteiger partial charge is 0.157 e. The van der Waals surface area contributed by atoms with E-state index < -0.39 is 0 Å². The Labute approximate surface area is 113 Å². The minimum Gasteiger partial charge on any atom is -0.504 e. The van der Waals surface area contributed by atoms with Crippen molar-refractivity contribution in [2.45, 2.75) is 19.4 Å². The van der Waals surface area contributed by atoms with Gasteiger partial charge >= 0.3 is 0 Å². The van der Waals surface area contributed by atoms with Crippen LogP contribution in [0.5, 0.6) is 11.5 Å². The first-order valence-electron chi connectivity index (χ1n) is 6.41. The number of hydrogen-bond donors (Lipinski definition) is 2. The molecular weight excluding hydrogens is 238 g/mol. The van der Waals surface area contributed by atoms with Gasteiger partial charge in [0.1, 0.15) is 0 Å². The zero-order valence-corrected chi connectivity index (χ0v) is 11.2. The molecule has 1 aliphatic rings. The molecule has 3 nitrogen and oxygen atoms in total. The second kappa shape index (κ2) is 5.65. The van der Waals surface area contributed by atoms with Crippen LogP contribution in [-0.2, 0) is 0 Å². The van der Waals surface area contributed by atoms with Crippen LogP contribution in [-0.4, -0.2) is 28.2 Å². The number of nitrogens with zero attached hydrogens (tertiary/aromatic N) is 1. The van der Waals surface area contributed by atoms with E-state index in [-0.39, 0.29) is 17.5 Å². The maximum absolute atomic E-state index is 9.44. The number of aromatic hydroxyl groups is 2. The number of phenolic OH excluding ortho intramolecular Hbond substituents is 2. The number of hydrogen-bond acceptors (Lipinski definition) is 3. The van der Waals surface area contributed by atoms with E-state index in [1.807, 2.05) is 13.1 Å². The number of benzene rings is 1. The largest absolute Gasteiger partial charge is 0.504 e. The van der Waals surface area contributed by atoms with Gasteiger partial charge < -0.3 is 15.1 Å². The molecule has 0 aliphatic carbocycles. The number of likely N-dealkylation sites (N-methyl/N-ethyl adjacent to an activating group) is 1. The normalized spacial score (nSPS) is 18.9. The van der Waals surface area contributed by atoms with Crippen molar-refractivity contribution in [1.82, 2.24) is 4.90 Å². The second-order valence-corrected chi connectivity index (χ2v) is 4.68. The van der Waals surface area contributed by atoms with E-state index in [2.05, 4.69) is 36.3 Å². The Kier molecular flexibility index (Phi) is 3.95. The molecule has 0 spiro atoms. The van der Waals surface area contributed by atoms with Crippen LogP contribution in [0.3, 0.4) is 0 Å². The Morgan fingerprint density at radius 3 is 2.68 bits per heavy atom. The Morgan fingerprint density at radius 2 is 2.05 bits per heavy atom. The Morgan fingerprint density at radius 1 is 1.26 bits per heavy atom. The molecule has 1 aromatic rings. The standard InChI is InChI=1S/C16H19NO2/c1-3-12-4-7-14(17(2)11-12)8-5-13-6-9-15(18)16(19)10-13/h4-11,14,18-19H,3H2,1-2H3/b8-5+. The van der Waals surface area contributed by atoms with Gasteiger partial charge in [0, 0.05) is 13.2 Å². The second-order valence-electron chi connectivity index (χ2n) is 4.68. The highest BCUT2D eigenvalue weighted by molar-refractivity contribution is 5.56. The molecule has 100 valence electrons. The minimum atomic E-state index is -0.0950. The predicted molar refractivity (Wildman–Crippen MR) is 77.9 cm³/mol. The van der Waals surface area contributed by atoms with E-state index in [4.69, 9.17) is 0 Å². The Hall–Kier alpha value is -2.16. The van der Waals surface area contributed by atoms with E-state index in [1.54, 1.807) is 12.1 Å². The van der Waals surface area contributed by atoms with E-state index in [0.29, 0.717) is 0 Å². The van der Waals surface area contributed by atoms with Gasteiger partial charge in [-0.05, 0) is 29.7 Å². The van der Waals surface area contributed by atoms with Gasteiger partial charge in [-0.2, -0.15) is 0 Å². The highest BCUT2D eigenvalue weighted by Crippen LogP contribution is 2.25. The summed E-state index contributed by atoms with van der Waals surface area (Å²) in [6.45, 7) is 2.14. The summed E-state index contributed by atoms with van der Waals surface area (Å²) in [7, 11) is 2.04. The molecule has 1 aliphatic heterocycles. The lowest BCUT2D eigenvalue weighted by molar-refractivity contribution is 0.403. The third kappa shape index (κ3) is 3.19. The van der Waals surface area contributed by atoms with E-state index in [1.165, 1.54) is 11.6 Å². The summed E-state index contributed by atoms with van der Waals surface area (Å²) >= 11 is 0. The van der Waals surface area contributed by atoms with Crippen molar-refractivity contribution in [2.24, 2.45) is 0 Å².